The van der Waals surface area contributed by atoms with Crippen LogP contribution in [-0.4, -0.2) is 4.57 Å². The molecule has 2 nitrogen and oxygen atoms in total. The summed E-state index contributed by atoms with van der Waals surface area (Å²) in [5.74, 6) is 0. The molecule has 0 N–H and O–H groups in total. The first kappa shape index (κ1) is 31.6. The molecule has 1 aromatic heterocycles. The van der Waals surface area contributed by atoms with Gasteiger partial charge in [-0.1, -0.05) is 170 Å². The summed E-state index contributed by atoms with van der Waals surface area (Å²) in [6.07, 6.45) is 0. The van der Waals surface area contributed by atoms with Gasteiger partial charge >= 0.3 is 0 Å². The lowest BCUT2D eigenvalue weighted by Gasteiger charge is -2.29. The first-order valence-corrected chi connectivity index (χ1v) is 18.5. The maximum Gasteiger partial charge on any atom is 0.0702 e. The number of nitrogens with zero attached hydrogens (tertiary/aromatic N) is 2. The lowest BCUT2D eigenvalue weighted by Crippen LogP contribution is -2.13. The summed E-state index contributed by atoms with van der Waals surface area (Å²) in [5.41, 5.74) is 13.9. The van der Waals surface area contributed by atoms with Crippen LogP contribution in [0.25, 0.3) is 71.6 Å². The molecule has 0 atom stereocenters. The number of anilines is 3. The number of benzene rings is 9. The van der Waals surface area contributed by atoms with E-state index < -0.39 is 0 Å². The molecule has 0 radical (unpaired) electrons. The molecular formula is C52H36N2. The van der Waals surface area contributed by atoms with E-state index in [1.165, 1.54) is 66.0 Å². The monoisotopic (exact) mass is 688 g/mol. The van der Waals surface area contributed by atoms with E-state index in [0.717, 1.165) is 22.7 Å². The van der Waals surface area contributed by atoms with Crippen molar-refractivity contribution in [2.45, 2.75) is 0 Å². The lowest BCUT2D eigenvalue weighted by molar-refractivity contribution is 1.15. The topological polar surface area (TPSA) is 8.17 Å². The van der Waals surface area contributed by atoms with Crippen LogP contribution in [0.1, 0.15) is 0 Å². The largest absolute Gasteiger partial charge is 0.308 e. The molecule has 10 aromatic rings. The molecule has 0 spiro atoms. The molecule has 0 amide bonds. The smallest absolute Gasteiger partial charge is 0.0702 e. The van der Waals surface area contributed by atoms with Crippen molar-refractivity contribution < 1.29 is 0 Å². The van der Waals surface area contributed by atoms with Crippen LogP contribution in [-0.2, 0) is 0 Å². The lowest BCUT2D eigenvalue weighted by atomic mass is 9.89. The minimum atomic E-state index is 1.08. The summed E-state index contributed by atoms with van der Waals surface area (Å²) in [4.78, 5) is 2.44. The Morgan fingerprint density at radius 3 is 1.52 bits per heavy atom. The Bertz CT molecular complexity index is 2890. The number of rotatable bonds is 7. The van der Waals surface area contributed by atoms with Crippen LogP contribution in [0, 0.1) is 0 Å². The number of hydrogen-bond donors (Lipinski definition) is 0. The number of hydrogen-bond acceptors (Lipinski definition) is 1. The number of fused-ring (bicyclic) bond motifs is 4. The van der Waals surface area contributed by atoms with Crippen LogP contribution in [0.3, 0.4) is 0 Å². The van der Waals surface area contributed by atoms with Crippen LogP contribution < -0.4 is 4.90 Å². The van der Waals surface area contributed by atoms with Crippen LogP contribution >= 0.6 is 0 Å². The van der Waals surface area contributed by atoms with Gasteiger partial charge in [-0.15, -0.1) is 0 Å². The van der Waals surface area contributed by atoms with Crippen molar-refractivity contribution in [2.75, 3.05) is 4.90 Å². The minimum absolute atomic E-state index is 1.08. The van der Waals surface area contributed by atoms with E-state index in [1.54, 1.807) is 0 Å². The molecule has 0 fully saturated rings. The highest BCUT2D eigenvalue weighted by atomic mass is 15.2. The Hall–Kier alpha value is -7.16. The molecule has 9 aromatic carbocycles. The van der Waals surface area contributed by atoms with Crippen molar-refractivity contribution in [3.63, 3.8) is 0 Å². The molecule has 254 valence electrons. The van der Waals surface area contributed by atoms with Crippen molar-refractivity contribution in [3.05, 3.63) is 218 Å². The maximum absolute atomic E-state index is 2.44. The van der Waals surface area contributed by atoms with Crippen molar-refractivity contribution in [1.82, 2.24) is 4.57 Å². The normalized spacial score (nSPS) is 11.3. The van der Waals surface area contributed by atoms with Crippen molar-refractivity contribution in [2.24, 2.45) is 0 Å². The molecule has 10 rings (SSSR count). The fourth-order valence-electron chi connectivity index (χ4n) is 8.12. The fraction of sp³-hybridized carbons (Fsp3) is 0. The van der Waals surface area contributed by atoms with Gasteiger partial charge in [-0.25, -0.2) is 0 Å². The Kier molecular flexibility index (Phi) is 7.85. The highest BCUT2D eigenvalue weighted by molar-refractivity contribution is 6.10. The molecule has 0 bridgehead atoms. The van der Waals surface area contributed by atoms with Gasteiger partial charge in [0, 0.05) is 22.1 Å². The Labute approximate surface area is 315 Å². The highest BCUT2D eigenvalue weighted by Gasteiger charge is 2.22. The third-order valence-corrected chi connectivity index (χ3v) is 10.6. The molecule has 0 aliphatic rings. The maximum atomic E-state index is 2.44. The average molecular weight is 689 g/mol. The fourth-order valence-corrected chi connectivity index (χ4v) is 8.12. The second kappa shape index (κ2) is 13.4. The van der Waals surface area contributed by atoms with E-state index in [2.05, 4.69) is 228 Å². The zero-order chi connectivity index (χ0) is 35.8. The summed E-state index contributed by atoms with van der Waals surface area (Å²) >= 11 is 0. The SMILES string of the molecule is c1ccc(-c2ccccc2-c2cc(N(c3ccc4ccccc4c3)c3ccccc3-n3c4ccccc4c4ccccc43)ccc2-c2ccccc2)cc1. The van der Waals surface area contributed by atoms with Crippen molar-refractivity contribution >= 4 is 49.6 Å². The summed E-state index contributed by atoms with van der Waals surface area (Å²) in [5, 5.41) is 4.90. The molecule has 0 saturated heterocycles. The predicted molar refractivity (Wildman–Crippen MR) is 229 cm³/mol. The van der Waals surface area contributed by atoms with Gasteiger partial charge in [0.05, 0.1) is 22.4 Å². The minimum Gasteiger partial charge on any atom is -0.308 e. The highest BCUT2D eigenvalue weighted by Crippen LogP contribution is 2.46. The van der Waals surface area contributed by atoms with E-state index in [0.29, 0.717) is 0 Å². The third-order valence-electron chi connectivity index (χ3n) is 10.6. The van der Waals surface area contributed by atoms with Crippen molar-refractivity contribution in [1.29, 1.82) is 0 Å². The zero-order valence-electron chi connectivity index (χ0n) is 29.7. The third kappa shape index (κ3) is 5.44. The first-order valence-electron chi connectivity index (χ1n) is 18.5. The van der Waals surface area contributed by atoms with E-state index in [9.17, 15) is 0 Å². The number of para-hydroxylation sites is 4. The Morgan fingerprint density at radius 2 is 0.815 bits per heavy atom. The van der Waals surface area contributed by atoms with E-state index in [-0.39, 0.29) is 0 Å². The second-order valence-corrected chi connectivity index (χ2v) is 13.7. The van der Waals surface area contributed by atoms with Crippen LogP contribution in [0.2, 0.25) is 0 Å². The van der Waals surface area contributed by atoms with Gasteiger partial charge in [0.1, 0.15) is 0 Å². The van der Waals surface area contributed by atoms with Gasteiger partial charge < -0.3 is 9.47 Å². The molecule has 0 aliphatic heterocycles. The van der Waals surface area contributed by atoms with E-state index in [1.807, 2.05) is 0 Å². The molecule has 0 aliphatic carbocycles. The van der Waals surface area contributed by atoms with Crippen LogP contribution in [0.15, 0.2) is 218 Å². The first-order chi connectivity index (χ1) is 26.8. The Morgan fingerprint density at radius 1 is 0.315 bits per heavy atom. The van der Waals surface area contributed by atoms with Gasteiger partial charge in [-0.2, -0.15) is 0 Å². The molecule has 0 saturated carbocycles. The van der Waals surface area contributed by atoms with Gasteiger partial charge in [-0.05, 0) is 92.7 Å². The van der Waals surface area contributed by atoms with Crippen LogP contribution in [0.5, 0.6) is 0 Å². The predicted octanol–water partition coefficient (Wildman–Crippen LogP) is 14.4. The Balaban J connectivity index is 1.27. The quantitative estimate of drug-likeness (QED) is 0.162. The van der Waals surface area contributed by atoms with Gasteiger partial charge in [0.25, 0.3) is 0 Å². The summed E-state index contributed by atoms with van der Waals surface area (Å²) < 4.78 is 2.43. The summed E-state index contributed by atoms with van der Waals surface area (Å²) in [7, 11) is 0. The van der Waals surface area contributed by atoms with Gasteiger partial charge in [-0.3, -0.25) is 0 Å². The summed E-state index contributed by atoms with van der Waals surface area (Å²) in [6.45, 7) is 0. The molecule has 54 heavy (non-hydrogen) atoms. The molecular weight excluding hydrogens is 653 g/mol. The number of aromatic nitrogens is 1. The second-order valence-electron chi connectivity index (χ2n) is 13.7. The van der Waals surface area contributed by atoms with E-state index in [4.69, 9.17) is 0 Å². The average Bonchev–Trinajstić information content (AvgIpc) is 3.59. The van der Waals surface area contributed by atoms with Gasteiger partial charge in [0.15, 0.2) is 0 Å². The standard InChI is InChI=1S/C52H36N2/c1-3-18-38(19-4-1)43-23-9-10-24-45(43)48-36-42(33-34-44(48)39-20-5-2-6-21-39)53(41-32-31-37-17-7-8-22-40(37)35-41)51-29-15-16-30-52(51)54-49-27-13-11-25-46(49)47-26-12-14-28-50(47)54/h1-36H. The summed E-state index contributed by atoms with van der Waals surface area (Å²) in [6, 6.07) is 79.0. The van der Waals surface area contributed by atoms with Crippen molar-refractivity contribution in [3.8, 4) is 39.1 Å². The molecule has 0 unspecified atom stereocenters. The van der Waals surface area contributed by atoms with Crippen LogP contribution in [0.4, 0.5) is 17.1 Å². The van der Waals surface area contributed by atoms with Gasteiger partial charge in [0.2, 0.25) is 0 Å². The molecule has 1 heterocycles. The molecule has 2 heteroatoms. The zero-order valence-corrected chi connectivity index (χ0v) is 29.7. The van der Waals surface area contributed by atoms with E-state index >= 15 is 0 Å².